The predicted octanol–water partition coefficient (Wildman–Crippen LogP) is 9.44. The van der Waals surface area contributed by atoms with Crippen LogP contribution in [-0.4, -0.2) is 193 Å². The summed E-state index contributed by atoms with van der Waals surface area (Å²) in [6.45, 7) is 1.75. The minimum Gasteiger partial charge on any atom is -0.394 e. The predicted molar refractivity (Wildman–Crippen MR) is 342 cm³/mol. The highest BCUT2D eigenvalue weighted by atomic mass is 16.8. The second-order valence-electron chi connectivity index (χ2n) is 25.7. The number of hydrogen-bond acceptors (Lipinski definition) is 18. The minimum absolute atomic E-state index is 0.240. The molecular formula is C69H129NO18. The van der Waals surface area contributed by atoms with Crippen LogP contribution < -0.4 is 5.32 Å². The molecule has 17 atom stereocenters. The van der Waals surface area contributed by atoms with Gasteiger partial charge in [-0.2, -0.15) is 0 Å². The zero-order chi connectivity index (χ0) is 64.0. The van der Waals surface area contributed by atoms with Crippen LogP contribution in [0.4, 0.5) is 0 Å². The fraction of sp³-hybridized carbons (Fsp3) is 0.928. The molecule has 1 amide bonds. The Balaban J connectivity index is 1.44. The van der Waals surface area contributed by atoms with Gasteiger partial charge in [-0.25, -0.2) is 0 Å². The van der Waals surface area contributed by atoms with Crippen molar-refractivity contribution < 1.29 is 89.4 Å². The van der Waals surface area contributed by atoms with Gasteiger partial charge < -0.3 is 89.9 Å². The van der Waals surface area contributed by atoms with Gasteiger partial charge in [-0.05, 0) is 32.1 Å². The monoisotopic (exact) mass is 1260 g/mol. The van der Waals surface area contributed by atoms with Gasteiger partial charge in [0.05, 0.1) is 38.6 Å². The van der Waals surface area contributed by atoms with Crippen LogP contribution in [-0.2, 0) is 33.2 Å². The highest BCUT2D eigenvalue weighted by Gasteiger charge is 2.53. The maximum absolute atomic E-state index is 13.4. The van der Waals surface area contributed by atoms with Crippen molar-refractivity contribution in [2.45, 2.75) is 381 Å². The average molecular weight is 1260 g/mol. The van der Waals surface area contributed by atoms with Gasteiger partial charge in [-0.3, -0.25) is 4.79 Å². The van der Waals surface area contributed by atoms with E-state index in [9.17, 15) is 61.0 Å². The van der Waals surface area contributed by atoms with Crippen molar-refractivity contribution in [3.8, 4) is 0 Å². The lowest BCUT2D eigenvalue weighted by Crippen LogP contribution is -2.66. The molecule has 3 fully saturated rings. The maximum atomic E-state index is 13.4. The van der Waals surface area contributed by atoms with E-state index in [0.29, 0.717) is 12.8 Å². The van der Waals surface area contributed by atoms with Crippen molar-refractivity contribution in [3.63, 3.8) is 0 Å². The molecule has 17 unspecified atom stereocenters. The zero-order valence-electron chi connectivity index (χ0n) is 54.7. The molecule has 3 saturated heterocycles. The fourth-order valence-corrected chi connectivity index (χ4v) is 12.2. The van der Waals surface area contributed by atoms with Gasteiger partial charge in [0.1, 0.15) is 73.2 Å². The van der Waals surface area contributed by atoms with Crippen LogP contribution in [0.2, 0.25) is 0 Å². The summed E-state index contributed by atoms with van der Waals surface area (Å²) < 4.78 is 34.3. The standard InChI is InChI=1S/C69H129NO18/c1-3-5-7-9-11-13-15-17-19-21-22-23-24-25-26-27-28-29-31-32-34-36-38-40-42-44-46-53(74)52(70-57(75)47-45-43-41-39-37-35-33-30-20-18-16-14-12-10-8-6-4-2)51-83-67-63(81)60(78)65(55(49-72)85-67)88-69-64(82)61(79)66(56(50-73)86-69)87-68-62(80)59(77)58(76)54(48-71)84-68/h36,38,44,46,52-56,58-69,71-74,76-82H,3-35,37,39-43,45,47-51H2,1-2H3,(H,70,75)/b38-36+,46-44+. The lowest BCUT2D eigenvalue weighted by Gasteiger charge is -2.48. The van der Waals surface area contributed by atoms with Crippen LogP contribution in [0.15, 0.2) is 24.3 Å². The van der Waals surface area contributed by atoms with E-state index in [2.05, 4.69) is 31.3 Å². The van der Waals surface area contributed by atoms with Crippen molar-refractivity contribution in [1.29, 1.82) is 0 Å². The highest BCUT2D eigenvalue weighted by molar-refractivity contribution is 5.76. The second-order valence-corrected chi connectivity index (χ2v) is 25.7. The Hall–Kier alpha value is -1.73. The smallest absolute Gasteiger partial charge is 0.220 e. The first kappa shape index (κ1) is 80.5. The van der Waals surface area contributed by atoms with Gasteiger partial charge in [-0.1, -0.05) is 263 Å². The van der Waals surface area contributed by atoms with Crippen LogP contribution in [0.1, 0.15) is 277 Å². The number of allylic oxidation sites excluding steroid dienone is 3. The van der Waals surface area contributed by atoms with E-state index >= 15 is 0 Å². The molecule has 12 N–H and O–H groups in total. The largest absolute Gasteiger partial charge is 0.394 e. The number of ether oxygens (including phenoxy) is 6. The number of aliphatic hydroxyl groups excluding tert-OH is 11. The number of hydrogen-bond donors (Lipinski definition) is 12. The molecule has 0 saturated carbocycles. The second kappa shape index (κ2) is 51.7. The van der Waals surface area contributed by atoms with Gasteiger partial charge in [0.2, 0.25) is 5.91 Å². The third kappa shape index (κ3) is 33.4. The van der Waals surface area contributed by atoms with E-state index in [1.807, 2.05) is 6.08 Å². The Kier molecular flexibility index (Phi) is 47.3. The van der Waals surface area contributed by atoms with Crippen molar-refractivity contribution in [1.82, 2.24) is 5.32 Å². The molecule has 3 aliphatic heterocycles. The van der Waals surface area contributed by atoms with Crippen molar-refractivity contribution in [2.24, 2.45) is 0 Å². The summed E-state index contributed by atoms with van der Waals surface area (Å²) in [5, 5.41) is 120. The number of unbranched alkanes of at least 4 members (excludes halogenated alkanes) is 37. The Labute approximate surface area is 530 Å². The molecule has 88 heavy (non-hydrogen) atoms. The Morgan fingerprint density at radius 3 is 1.14 bits per heavy atom. The molecule has 0 aromatic heterocycles. The molecule has 0 spiro atoms. The van der Waals surface area contributed by atoms with Crippen molar-refractivity contribution in [3.05, 3.63) is 24.3 Å². The zero-order valence-corrected chi connectivity index (χ0v) is 54.7. The molecule has 19 heteroatoms. The Morgan fingerprint density at radius 2 is 0.727 bits per heavy atom. The van der Waals surface area contributed by atoms with Crippen LogP contribution in [0.3, 0.4) is 0 Å². The third-order valence-corrected chi connectivity index (χ3v) is 18.0. The van der Waals surface area contributed by atoms with Crippen LogP contribution in [0.5, 0.6) is 0 Å². The van der Waals surface area contributed by atoms with E-state index in [1.54, 1.807) is 6.08 Å². The number of carbonyl (C=O) groups excluding carboxylic acids is 1. The van der Waals surface area contributed by atoms with Gasteiger partial charge >= 0.3 is 0 Å². The summed E-state index contributed by atoms with van der Waals surface area (Å²) in [7, 11) is 0. The van der Waals surface area contributed by atoms with Crippen LogP contribution >= 0.6 is 0 Å². The number of aliphatic hydroxyl groups is 11. The first-order valence-electron chi connectivity index (χ1n) is 35.6. The Bertz CT molecular complexity index is 1690. The maximum Gasteiger partial charge on any atom is 0.220 e. The Morgan fingerprint density at radius 1 is 0.398 bits per heavy atom. The first-order chi connectivity index (χ1) is 42.8. The van der Waals surface area contributed by atoms with Crippen molar-refractivity contribution in [2.75, 3.05) is 26.4 Å². The molecule has 3 aliphatic rings. The lowest BCUT2D eigenvalue weighted by molar-refractivity contribution is -0.379. The number of nitrogens with one attached hydrogen (secondary N) is 1. The van der Waals surface area contributed by atoms with E-state index in [-0.39, 0.29) is 18.9 Å². The average Bonchev–Trinajstić information content (AvgIpc) is 3.69. The van der Waals surface area contributed by atoms with Gasteiger partial charge in [0.15, 0.2) is 18.9 Å². The SMILES string of the molecule is CCCCCCCCCCCCCCCCCCCCCC/C=C/CC/C=C/C(O)C(COC1OC(CO)C(OC2OC(CO)C(OC3OC(CO)C(O)C(O)C3O)C(O)C2O)C(O)C1O)NC(=O)CCCCCCCCCCCCCCCCCCC. The molecular weight excluding hydrogens is 1130 g/mol. The summed E-state index contributed by atoms with van der Waals surface area (Å²) >= 11 is 0. The van der Waals surface area contributed by atoms with Crippen LogP contribution in [0, 0.1) is 0 Å². The molecule has 0 bridgehead atoms. The normalized spacial score (nSPS) is 28.5. The molecule has 0 radical (unpaired) electrons. The molecule has 0 aliphatic carbocycles. The molecule has 3 heterocycles. The van der Waals surface area contributed by atoms with E-state index in [0.717, 1.165) is 38.5 Å². The fourth-order valence-electron chi connectivity index (χ4n) is 12.2. The van der Waals surface area contributed by atoms with Crippen molar-refractivity contribution >= 4 is 5.91 Å². The summed E-state index contributed by atoms with van der Waals surface area (Å²) in [6.07, 6.45) is 31.6. The number of carbonyl (C=O) groups is 1. The van der Waals surface area contributed by atoms with E-state index in [1.165, 1.54) is 205 Å². The van der Waals surface area contributed by atoms with Crippen LogP contribution in [0.25, 0.3) is 0 Å². The van der Waals surface area contributed by atoms with E-state index in [4.69, 9.17) is 28.4 Å². The van der Waals surface area contributed by atoms with Gasteiger partial charge in [-0.15, -0.1) is 0 Å². The molecule has 0 aromatic rings. The summed E-state index contributed by atoms with van der Waals surface area (Å²) in [5.41, 5.74) is 0. The minimum atomic E-state index is -1.98. The van der Waals surface area contributed by atoms with Gasteiger partial charge in [0, 0.05) is 6.42 Å². The first-order valence-corrected chi connectivity index (χ1v) is 35.6. The molecule has 0 aromatic carbocycles. The molecule has 518 valence electrons. The third-order valence-electron chi connectivity index (χ3n) is 18.0. The topological polar surface area (TPSA) is 307 Å². The summed E-state index contributed by atoms with van der Waals surface area (Å²) in [6, 6.07) is -0.986. The highest BCUT2D eigenvalue weighted by Crippen LogP contribution is 2.33. The number of amides is 1. The van der Waals surface area contributed by atoms with E-state index < -0.39 is 124 Å². The summed E-state index contributed by atoms with van der Waals surface area (Å²) in [5.74, 6) is -0.281. The number of rotatable bonds is 55. The van der Waals surface area contributed by atoms with Gasteiger partial charge in [0.25, 0.3) is 0 Å². The quantitative estimate of drug-likeness (QED) is 0.0199. The lowest BCUT2D eigenvalue weighted by atomic mass is 9.96. The molecule has 19 nitrogen and oxygen atoms in total. The molecule has 3 rings (SSSR count). The summed E-state index contributed by atoms with van der Waals surface area (Å²) in [4.78, 5) is 13.4.